The SMILES string of the molecule is CCCOCCC(N)c1cccc2ncccc12. The summed E-state index contributed by atoms with van der Waals surface area (Å²) in [4.78, 5) is 4.35. The van der Waals surface area contributed by atoms with Crippen LogP contribution in [0.5, 0.6) is 0 Å². The Bertz CT molecular complexity index is 493. The van der Waals surface area contributed by atoms with Crippen molar-refractivity contribution in [2.45, 2.75) is 25.8 Å². The highest BCUT2D eigenvalue weighted by atomic mass is 16.5. The van der Waals surface area contributed by atoms with Gasteiger partial charge in [-0.15, -0.1) is 0 Å². The molecule has 2 aromatic rings. The molecule has 0 amide bonds. The second-order valence-electron chi connectivity index (χ2n) is 4.42. The topological polar surface area (TPSA) is 48.1 Å². The highest BCUT2D eigenvalue weighted by molar-refractivity contribution is 5.82. The first-order valence-corrected chi connectivity index (χ1v) is 6.50. The second-order valence-corrected chi connectivity index (χ2v) is 4.42. The summed E-state index contributed by atoms with van der Waals surface area (Å²) < 4.78 is 5.49. The van der Waals surface area contributed by atoms with Crippen molar-refractivity contribution in [3.05, 3.63) is 42.1 Å². The van der Waals surface area contributed by atoms with Crippen molar-refractivity contribution >= 4 is 10.9 Å². The Morgan fingerprint density at radius 3 is 2.94 bits per heavy atom. The second kappa shape index (κ2) is 6.47. The highest BCUT2D eigenvalue weighted by Gasteiger charge is 2.09. The van der Waals surface area contributed by atoms with E-state index in [1.165, 1.54) is 0 Å². The number of nitrogens with two attached hydrogens (primary N) is 1. The molecule has 0 saturated carbocycles. The largest absolute Gasteiger partial charge is 0.381 e. The van der Waals surface area contributed by atoms with Crippen LogP contribution in [0.4, 0.5) is 0 Å². The van der Waals surface area contributed by atoms with Crippen molar-refractivity contribution in [2.24, 2.45) is 5.73 Å². The Morgan fingerprint density at radius 1 is 1.22 bits per heavy atom. The maximum atomic E-state index is 6.24. The molecule has 0 aliphatic rings. The minimum atomic E-state index is 0.00903. The van der Waals surface area contributed by atoms with Crippen molar-refractivity contribution in [1.29, 1.82) is 0 Å². The summed E-state index contributed by atoms with van der Waals surface area (Å²) in [6.45, 7) is 3.63. The molecule has 1 aromatic heterocycles. The fraction of sp³-hybridized carbons (Fsp3) is 0.400. The molecule has 0 aliphatic heterocycles. The summed E-state index contributed by atoms with van der Waals surface area (Å²) >= 11 is 0. The van der Waals surface area contributed by atoms with Crippen LogP contribution >= 0.6 is 0 Å². The van der Waals surface area contributed by atoms with E-state index in [4.69, 9.17) is 10.5 Å². The monoisotopic (exact) mass is 244 g/mol. The zero-order chi connectivity index (χ0) is 12.8. The van der Waals surface area contributed by atoms with Gasteiger partial charge in [0.1, 0.15) is 0 Å². The van der Waals surface area contributed by atoms with E-state index in [0.717, 1.165) is 35.9 Å². The van der Waals surface area contributed by atoms with E-state index in [1.54, 1.807) is 0 Å². The fourth-order valence-electron chi connectivity index (χ4n) is 2.06. The highest BCUT2D eigenvalue weighted by Crippen LogP contribution is 2.23. The number of nitrogens with zero attached hydrogens (tertiary/aromatic N) is 1. The quantitative estimate of drug-likeness (QED) is 0.794. The normalized spacial score (nSPS) is 12.8. The van der Waals surface area contributed by atoms with Crippen LogP contribution in [0.1, 0.15) is 31.4 Å². The Balaban J connectivity index is 2.10. The molecule has 18 heavy (non-hydrogen) atoms. The molecule has 0 bridgehead atoms. The summed E-state index contributed by atoms with van der Waals surface area (Å²) in [6, 6.07) is 10.1. The van der Waals surface area contributed by atoms with Crippen LogP contribution in [0, 0.1) is 0 Å². The van der Waals surface area contributed by atoms with Gasteiger partial charge in [0.15, 0.2) is 0 Å². The smallest absolute Gasteiger partial charge is 0.0705 e. The Labute approximate surface area is 108 Å². The third-order valence-corrected chi connectivity index (χ3v) is 3.00. The molecule has 0 spiro atoms. The van der Waals surface area contributed by atoms with Gasteiger partial charge in [-0.1, -0.05) is 25.1 Å². The molecule has 0 saturated heterocycles. The molecular weight excluding hydrogens is 224 g/mol. The van der Waals surface area contributed by atoms with Gasteiger partial charge in [0.05, 0.1) is 5.52 Å². The first-order valence-electron chi connectivity index (χ1n) is 6.50. The molecule has 3 heteroatoms. The molecule has 3 nitrogen and oxygen atoms in total. The molecule has 1 heterocycles. The predicted octanol–water partition coefficient (Wildman–Crippen LogP) is 3.05. The van der Waals surface area contributed by atoms with E-state index in [9.17, 15) is 0 Å². The molecule has 2 rings (SSSR count). The molecular formula is C15H20N2O. The summed E-state index contributed by atoms with van der Waals surface area (Å²) in [6.07, 6.45) is 3.70. The molecule has 1 aromatic carbocycles. The van der Waals surface area contributed by atoms with Gasteiger partial charge in [0, 0.05) is 30.8 Å². The van der Waals surface area contributed by atoms with Crippen molar-refractivity contribution in [2.75, 3.05) is 13.2 Å². The van der Waals surface area contributed by atoms with Crippen LogP contribution < -0.4 is 5.73 Å². The number of pyridine rings is 1. The van der Waals surface area contributed by atoms with Crippen LogP contribution in [0.25, 0.3) is 10.9 Å². The lowest BCUT2D eigenvalue weighted by Crippen LogP contribution is -2.13. The fourth-order valence-corrected chi connectivity index (χ4v) is 2.06. The standard InChI is InChI=1S/C15H20N2O/c1-2-10-18-11-8-14(16)12-5-3-7-15-13(12)6-4-9-17-15/h3-7,9,14H,2,8,10-11,16H2,1H3. The average Bonchev–Trinajstić information content (AvgIpc) is 2.43. The summed E-state index contributed by atoms with van der Waals surface area (Å²) in [5, 5.41) is 1.14. The molecule has 0 aliphatic carbocycles. The zero-order valence-electron chi connectivity index (χ0n) is 10.8. The number of aromatic nitrogens is 1. The molecule has 1 atom stereocenters. The van der Waals surface area contributed by atoms with Gasteiger partial charge in [-0.3, -0.25) is 4.98 Å². The lowest BCUT2D eigenvalue weighted by atomic mass is 10.00. The lowest BCUT2D eigenvalue weighted by Gasteiger charge is -2.14. The van der Waals surface area contributed by atoms with Crippen LogP contribution in [0.2, 0.25) is 0 Å². The number of rotatable bonds is 6. The molecule has 0 radical (unpaired) electrons. The van der Waals surface area contributed by atoms with E-state index < -0.39 is 0 Å². The van der Waals surface area contributed by atoms with Gasteiger partial charge < -0.3 is 10.5 Å². The van der Waals surface area contributed by atoms with Crippen LogP contribution in [-0.2, 0) is 4.74 Å². The van der Waals surface area contributed by atoms with Gasteiger partial charge in [-0.25, -0.2) is 0 Å². The van der Waals surface area contributed by atoms with Gasteiger partial charge in [-0.2, -0.15) is 0 Å². The van der Waals surface area contributed by atoms with Gasteiger partial charge in [-0.05, 0) is 30.5 Å². The first kappa shape index (κ1) is 13.0. The maximum Gasteiger partial charge on any atom is 0.0705 e. The number of hydrogen-bond donors (Lipinski definition) is 1. The molecule has 96 valence electrons. The van der Waals surface area contributed by atoms with Crippen LogP contribution in [-0.4, -0.2) is 18.2 Å². The first-order chi connectivity index (χ1) is 8.83. The minimum absolute atomic E-state index is 0.00903. The van der Waals surface area contributed by atoms with Crippen LogP contribution in [0.3, 0.4) is 0 Å². The van der Waals surface area contributed by atoms with Gasteiger partial charge in [0.2, 0.25) is 0 Å². The third kappa shape index (κ3) is 3.06. The zero-order valence-corrected chi connectivity index (χ0v) is 10.8. The van der Waals surface area contributed by atoms with Crippen molar-refractivity contribution in [3.8, 4) is 0 Å². The molecule has 1 unspecified atom stereocenters. The van der Waals surface area contributed by atoms with Gasteiger partial charge in [0.25, 0.3) is 0 Å². The number of ether oxygens (including phenoxy) is 1. The van der Waals surface area contributed by atoms with E-state index in [0.29, 0.717) is 6.61 Å². The van der Waals surface area contributed by atoms with E-state index in [-0.39, 0.29) is 6.04 Å². The van der Waals surface area contributed by atoms with Gasteiger partial charge >= 0.3 is 0 Å². The summed E-state index contributed by atoms with van der Waals surface area (Å²) in [5.74, 6) is 0. The van der Waals surface area contributed by atoms with Crippen molar-refractivity contribution in [3.63, 3.8) is 0 Å². The Hall–Kier alpha value is -1.45. The molecule has 2 N–H and O–H groups in total. The lowest BCUT2D eigenvalue weighted by molar-refractivity contribution is 0.128. The molecule has 0 fully saturated rings. The van der Waals surface area contributed by atoms with Crippen LogP contribution in [0.15, 0.2) is 36.5 Å². The summed E-state index contributed by atoms with van der Waals surface area (Å²) in [7, 11) is 0. The average molecular weight is 244 g/mol. The van der Waals surface area contributed by atoms with E-state index >= 15 is 0 Å². The predicted molar refractivity (Wildman–Crippen MR) is 74.4 cm³/mol. The van der Waals surface area contributed by atoms with E-state index in [1.807, 2.05) is 24.4 Å². The van der Waals surface area contributed by atoms with E-state index in [2.05, 4.69) is 24.0 Å². The minimum Gasteiger partial charge on any atom is -0.381 e. The van der Waals surface area contributed by atoms with Crippen molar-refractivity contribution < 1.29 is 4.74 Å². The van der Waals surface area contributed by atoms with Crippen molar-refractivity contribution in [1.82, 2.24) is 4.98 Å². The maximum absolute atomic E-state index is 6.24. The summed E-state index contributed by atoms with van der Waals surface area (Å²) in [5.41, 5.74) is 8.39. The third-order valence-electron chi connectivity index (χ3n) is 3.00. The Morgan fingerprint density at radius 2 is 2.11 bits per heavy atom. The Kier molecular flexibility index (Phi) is 4.67. The number of hydrogen-bond acceptors (Lipinski definition) is 3. The number of benzene rings is 1. The number of fused-ring (bicyclic) bond motifs is 1.